The van der Waals surface area contributed by atoms with Crippen LogP contribution in [0.2, 0.25) is 0 Å². The molecule has 0 fully saturated rings. The number of carboxylic acids is 1. The van der Waals surface area contributed by atoms with Crippen molar-refractivity contribution in [1.29, 1.82) is 0 Å². The highest BCUT2D eigenvalue weighted by molar-refractivity contribution is 5.94. The number of amides is 4. The normalized spacial score (nSPS) is 13.3. The van der Waals surface area contributed by atoms with Crippen molar-refractivity contribution in [2.75, 3.05) is 32.9 Å². The number of nitrogens with two attached hydrogens (primary N) is 2. The SMILES string of the molecule is CC(C)C[C@@H](NC(=O)[C@@H](Cc1ccccc1)NC(=O)CNC(=O)COc1ccc2c(=O)c(-c3ccc4c(c3)OCCO4)coc2c1)C(=O)N[C@H](CCCN=C(N)N)C(=O)O. The van der Waals surface area contributed by atoms with Crippen molar-refractivity contribution in [1.82, 2.24) is 21.3 Å². The molecule has 1 aliphatic heterocycles. The van der Waals surface area contributed by atoms with Crippen LogP contribution in [0.1, 0.15) is 38.7 Å². The van der Waals surface area contributed by atoms with Crippen molar-refractivity contribution in [3.63, 3.8) is 0 Å². The zero-order valence-corrected chi connectivity index (χ0v) is 33.2. The van der Waals surface area contributed by atoms with Gasteiger partial charge in [-0.15, -0.1) is 0 Å². The zero-order chi connectivity index (χ0) is 43.2. The van der Waals surface area contributed by atoms with E-state index >= 15 is 0 Å². The van der Waals surface area contributed by atoms with E-state index in [-0.39, 0.29) is 60.9 Å². The molecule has 0 spiro atoms. The van der Waals surface area contributed by atoms with Gasteiger partial charge in [-0.3, -0.25) is 29.0 Å². The molecule has 3 atom stereocenters. The van der Waals surface area contributed by atoms with Gasteiger partial charge >= 0.3 is 5.97 Å². The van der Waals surface area contributed by atoms with Gasteiger partial charge in [-0.25, -0.2) is 4.79 Å². The smallest absolute Gasteiger partial charge is 0.326 e. The van der Waals surface area contributed by atoms with Crippen LogP contribution in [0.3, 0.4) is 0 Å². The molecule has 0 unspecified atom stereocenters. The Hall–Kier alpha value is -7.11. The second-order valence-electron chi connectivity index (χ2n) is 14.4. The molecule has 60 heavy (non-hydrogen) atoms. The zero-order valence-electron chi connectivity index (χ0n) is 33.2. The number of carbonyl (C=O) groups is 5. The number of aliphatic carboxylic acids is 1. The number of nitrogens with zero attached hydrogens (tertiary/aromatic N) is 1. The van der Waals surface area contributed by atoms with Crippen molar-refractivity contribution in [3.05, 3.63) is 88.8 Å². The van der Waals surface area contributed by atoms with Crippen molar-refractivity contribution in [3.8, 4) is 28.4 Å². The number of aliphatic imine (C=N–C) groups is 1. The third-order valence-corrected chi connectivity index (χ3v) is 9.25. The van der Waals surface area contributed by atoms with E-state index in [1.807, 2.05) is 13.8 Å². The van der Waals surface area contributed by atoms with E-state index in [0.29, 0.717) is 46.8 Å². The van der Waals surface area contributed by atoms with Gasteiger partial charge in [0.15, 0.2) is 29.5 Å². The maximum Gasteiger partial charge on any atom is 0.326 e. The lowest BCUT2D eigenvalue weighted by Crippen LogP contribution is -2.57. The van der Waals surface area contributed by atoms with Crippen LogP contribution in [0.25, 0.3) is 22.1 Å². The standard InChI is InChI=1S/C42H49N7O11/c1-24(2)17-31(39(53)48-30(41(55)56)9-6-14-45-42(43)44)49-40(54)32(18-25-7-4-3-5-8-25)47-36(50)21-46-37(51)23-59-27-11-12-28-34(20-27)60-22-29(38(28)52)26-10-13-33-35(19-26)58-16-15-57-33/h3-5,7-8,10-13,19-20,22,24,30-32H,6,9,14-18,21,23H2,1-2H3,(H,46,51)(H,47,50)(H,48,53)(H,49,54)(H,55,56)(H4,43,44,45)/t30-,31-,32-/m1/s1. The topological polar surface area (TPSA) is 276 Å². The van der Waals surface area contributed by atoms with Gasteiger partial charge in [-0.2, -0.15) is 0 Å². The van der Waals surface area contributed by atoms with Crippen LogP contribution in [0, 0.1) is 5.92 Å². The number of carbonyl (C=O) groups excluding carboxylic acids is 4. The molecule has 4 aromatic rings. The Kier molecular flexibility index (Phi) is 15.4. The molecule has 2 heterocycles. The number of carboxylic acid groups (broad SMARTS) is 1. The van der Waals surface area contributed by atoms with Crippen LogP contribution in [-0.2, 0) is 30.4 Å². The van der Waals surface area contributed by atoms with E-state index in [0.717, 1.165) is 0 Å². The highest BCUT2D eigenvalue weighted by Crippen LogP contribution is 2.34. The van der Waals surface area contributed by atoms with Crippen molar-refractivity contribution in [2.24, 2.45) is 22.4 Å². The number of ether oxygens (including phenoxy) is 3. The number of fused-ring (bicyclic) bond motifs is 2. The van der Waals surface area contributed by atoms with Crippen LogP contribution < -0.4 is 52.4 Å². The minimum absolute atomic E-state index is 0.0366. The molecule has 3 aromatic carbocycles. The molecular weight excluding hydrogens is 778 g/mol. The summed E-state index contributed by atoms with van der Waals surface area (Å²) in [5.41, 5.74) is 12.2. The lowest BCUT2D eigenvalue weighted by Gasteiger charge is -2.25. The van der Waals surface area contributed by atoms with Gasteiger partial charge in [0, 0.05) is 19.0 Å². The van der Waals surface area contributed by atoms with Gasteiger partial charge in [0.1, 0.15) is 48.9 Å². The van der Waals surface area contributed by atoms with Crippen LogP contribution in [0.4, 0.5) is 0 Å². The van der Waals surface area contributed by atoms with Gasteiger partial charge in [0.25, 0.3) is 5.91 Å². The summed E-state index contributed by atoms with van der Waals surface area (Å²) >= 11 is 0. The molecule has 0 saturated carbocycles. The Balaban J connectivity index is 1.17. The summed E-state index contributed by atoms with van der Waals surface area (Å²) in [5.74, 6) is -2.87. The van der Waals surface area contributed by atoms with Gasteiger partial charge in [0.05, 0.1) is 17.5 Å². The van der Waals surface area contributed by atoms with Gasteiger partial charge in [-0.1, -0.05) is 50.2 Å². The number of hydrogen-bond acceptors (Lipinski definition) is 11. The quantitative estimate of drug-likeness (QED) is 0.0380. The monoisotopic (exact) mass is 827 g/mol. The Labute approximate surface area is 345 Å². The number of rotatable bonds is 20. The van der Waals surface area contributed by atoms with Crippen molar-refractivity contribution < 1.29 is 47.7 Å². The van der Waals surface area contributed by atoms with Crippen LogP contribution in [0.5, 0.6) is 17.2 Å². The third kappa shape index (κ3) is 12.7. The summed E-state index contributed by atoms with van der Waals surface area (Å²) in [5, 5.41) is 20.3. The molecule has 0 bridgehead atoms. The second-order valence-corrected chi connectivity index (χ2v) is 14.4. The minimum Gasteiger partial charge on any atom is -0.486 e. The molecule has 5 rings (SSSR count). The molecule has 0 radical (unpaired) electrons. The first-order chi connectivity index (χ1) is 28.8. The largest absolute Gasteiger partial charge is 0.486 e. The lowest BCUT2D eigenvalue weighted by atomic mass is 10.0. The van der Waals surface area contributed by atoms with E-state index in [1.165, 1.54) is 24.5 Å². The summed E-state index contributed by atoms with van der Waals surface area (Å²) in [4.78, 5) is 82.0. The molecule has 1 aliphatic rings. The summed E-state index contributed by atoms with van der Waals surface area (Å²) in [7, 11) is 0. The second kappa shape index (κ2) is 21.1. The van der Waals surface area contributed by atoms with E-state index in [9.17, 15) is 33.9 Å². The van der Waals surface area contributed by atoms with Crippen LogP contribution in [0.15, 0.2) is 87.2 Å². The maximum absolute atomic E-state index is 13.7. The number of guanidine groups is 1. The Morgan fingerprint density at radius 3 is 2.28 bits per heavy atom. The molecule has 4 amide bonds. The first-order valence-electron chi connectivity index (χ1n) is 19.3. The average Bonchev–Trinajstić information content (AvgIpc) is 3.22. The molecular formula is C42H49N7O11. The summed E-state index contributed by atoms with van der Waals surface area (Å²) in [6.07, 6.45) is 1.87. The number of hydrogen-bond donors (Lipinski definition) is 7. The van der Waals surface area contributed by atoms with Gasteiger partial charge in [0.2, 0.25) is 17.7 Å². The minimum atomic E-state index is -1.27. The summed E-state index contributed by atoms with van der Waals surface area (Å²) < 4.78 is 22.6. The maximum atomic E-state index is 13.7. The molecule has 9 N–H and O–H groups in total. The van der Waals surface area contributed by atoms with E-state index in [2.05, 4.69) is 26.3 Å². The van der Waals surface area contributed by atoms with Crippen LogP contribution >= 0.6 is 0 Å². The van der Waals surface area contributed by atoms with Crippen molar-refractivity contribution in [2.45, 2.75) is 57.7 Å². The number of benzene rings is 3. The third-order valence-electron chi connectivity index (χ3n) is 9.25. The predicted octanol–water partition coefficient (Wildman–Crippen LogP) is 1.61. The van der Waals surface area contributed by atoms with Gasteiger partial charge in [-0.05, 0) is 60.6 Å². The van der Waals surface area contributed by atoms with Gasteiger partial charge < -0.3 is 56.5 Å². The Bertz CT molecular complexity index is 2260. The summed E-state index contributed by atoms with van der Waals surface area (Å²) in [6.45, 7) is 3.69. The molecule has 0 saturated heterocycles. The Morgan fingerprint density at radius 2 is 1.57 bits per heavy atom. The fourth-order valence-electron chi connectivity index (χ4n) is 6.30. The van der Waals surface area contributed by atoms with Crippen molar-refractivity contribution >= 4 is 46.5 Å². The first-order valence-corrected chi connectivity index (χ1v) is 19.3. The summed E-state index contributed by atoms with van der Waals surface area (Å²) in [6, 6.07) is 15.0. The fraction of sp³-hybridized carbons (Fsp3) is 0.357. The average molecular weight is 828 g/mol. The van der Waals surface area contributed by atoms with E-state index in [1.54, 1.807) is 48.5 Å². The predicted molar refractivity (Wildman–Crippen MR) is 220 cm³/mol. The highest BCUT2D eigenvalue weighted by atomic mass is 16.6. The molecule has 318 valence electrons. The molecule has 18 nitrogen and oxygen atoms in total. The first kappa shape index (κ1) is 44.0. The molecule has 0 aliphatic carbocycles. The molecule has 1 aromatic heterocycles. The van der Waals surface area contributed by atoms with E-state index < -0.39 is 60.9 Å². The van der Waals surface area contributed by atoms with E-state index in [4.69, 9.17) is 30.1 Å². The Morgan fingerprint density at radius 1 is 0.850 bits per heavy atom. The lowest BCUT2D eigenvalue weighted by molar-refractivity contribution is -0.142. The highest BCUT2D eigenvalue weighted by Gasteiger charge is 2.30. The number of nitrogens with one attached hydrogen (secondary N) is 4. The van der Waals surface area contributed by atoms with Crippen LogP contribution in [-0.4, -0.2) is 91.7 Å². The molecule has 18 heteroatoms. The fourth-order valence-corrected chi connectivity index (χ4v) is 6.30.